The zero-order chi connectivity index (χ0) is 11.2. The van der Waals surface area contributed by atoms with Gasteiger partial charge in [0.15, 0.2) is 0 Å². The Bertz CT molecular complexity index is 255. The van der Waals surface area contributed by atoms with Crippen LogP contribution in [-0.2, 0) is 16.6 Å². The molecule has 0 amide bonds. The normalized spacial score (nSPS) is 10.1. The first kappa shape index (κ1) is 12.8. The van der Waals surface area contributed by atoms with Crippen LogP contribution in [0.2, 0.25) is 0 Å². The Kier molecular flexibility index (Phi) is 4.99. The standard InChI is InChI=1S/C6H9N.C5H10O2/c1-6-4-3-5-7(6)2;1-5(2,3)7-4-6/h3-5H,1-2H3;4H,1-3H3. The molecule has 0 aliphatic heterocycles. The number of hydrogen-bond acceptors (Lipinski definition) is 2. The zero-order valence-electron chi connectivity index (χ0n) is 9.57. The Balaban J connectivity index is 0.000000241. The van der Waals surface area contributed by atoms with Crippen LogP contribution in [0.5, 0.6) is 0 Å². The summed E-state index contributed by atoms with van der Waals surface area (Å²) in [5.41, 5.74) is 0.988. The van der Waals surface area contributed by atoms with Gasteiger partial charge in [0.25, 0.3) is 6.47 Å². The van der Waals surface area contributed by atoms with Crippen molar-refractivity contribution in [3.8, 4) is 0 Å². The Morgan fingerprint density at radius 2 is 2.00 bits per heavy atom. The summed E-state index contributed by atoms with van der Waals surface area (Å²) >= 11 is 0. The summed E-state index contributed by atoms with van der Waals surface area (Å²) in [6, 6.07) is 4.12. The second-order valence-corrected chi connectivity index (χ2v) is 4.09. The van der Waals surface area contributed by atoms with Crippen LogP contribution < -0.4 is 0 Å². The van der Waals surface area contributed by atoms with Crippen molar-refractivity contribution in [2.24, 2.45) is 7.05 Å². The molecule has 0 radical (unpaired) electrons. The van der Waals surface area contributed by atoms with E-state index in [4.69, 9.17) is 0 Å². The molecule has 1 aromatic rings. The van der Waals surface area contributed by atoms with E-state index in [0.29, 0.717) is 6.47 Å². The minimum atomic E-state index is -0.318. The SMILES string of the molecule is CC(C)(C)OC=O.Cc1cccn1C. The predicted molar refractivity (Wildman–Crippen MR) is 57.1 cm³/mol. The van der Waals surface area contributed by atoms with Crippen molar-refractivity contribution in [2.75, 3.05) is 0 Å². The second-order valence-electron chi connectivity index (χ2n) is 4.09. The molecule has 0 atom stereocenters. The fourth-order valence-corrected chi connectivity index (χ4v) is 0.691. The molecule has 1 rings (SSSR count). The number of hydrogen-bond donors (Lipinski definition) is 0. The molecule has 80 valence electrons. The minimum absolute atomic E-state index is 0.318. The van der Waals surface area contributed by atoms with Crippen LogP contribution in [0.1, 0.15) is 26.5 Å². The van der Waals surface area contributed by atoms with Gasteiger partial charge in [-0.3, -0.25) is 4.79 Å². The number of aryl methyl sites for hydroxylation is 2. The number of ether oxygens (including phenoxy) is 1. The lowest BCUT2D eigenvalue weighted by atomic mass is 10.2. The fraction of sp³-hybridized carbons (Fsp3) is 0.545. The topological polar surface area (TPSA) is 31.2 Å². The molecule has 3 nitrogen and oxygen atoms in total. The molecule has 0 aliphatic rings. The van der Waals surface area contributed by atoms with Crippen LogP contribution in [0.4, 0.5) is 0 Å². The first-order valence-electron chi connectivity index (χ1n) is 4.56. The van der Waals surface area contributed by atoms with Crippen molar-refractivity contribution in [1.82, 2.24) is 4.57 Å². The molecule has 0 saturated heterocycles. The zero-order valence-corrected chi connectivity index (χ0v) is 9.57. The van der Waals surface area contributed by atoms with E-state index in [2.05, 4.69) is 22.3 Å². The van der Waals surface area contributed by atoms with Crippen molar-refractivity contribution in [3.63, 3.8) is 0 Å². The van der Waals surface area contributed by atoms with Gasteiger partial charge in [0, 0.05) is 18.9 Å². The number of carbonyl (C=O) groups excluding carboxylic acids is 1. The lowest BCUT2D eigenvalue weighted by Crippen LogP contribution is -2.17. The molecule has 0 saturated carbocycles. The number of aromatic nitrogens is 1. The fourth-order valence-electron chi connectivity index (χ4n) is 0.691. The molecule has 0 fully saturated rings. The number of carbonyl (C=O) groups is 1. The van der Waals surface area contributed by atoms with E-state index in [1.807, 2.05) is 40.1 Å². The Morgan fingerprint density at radius 3 is 2.07 bits per heavy atom. The van der Waals surface area contributed by atoms with Crippen molar-refractivity contribution < 1.29 is 9.53 Å². The molecule has 1 heterocycles. The lowest BCUT2D eigenvalue weighted by Gasteiger charge is -2.14. The van der Waals surface area contributed by atoms with Gasteiger partial charge >= 0.3 is 0 Å². The molecule has 0 spiro atoms. The maximum Gasteiger partial charge on any atom is 0.293 e. The molecule has 14 heavy (non-hydrogen) atoms. The summed E-state index contributed by atoms with van der Waals surface area (Å²) in [7, 11) is 2.04. The molecule has 1 aromatic heterocycles. The monoisotopic (exact) mass is 197 g/mol. The van der Waals surface area contributed by atoms with Crippen LogP contribution in [0.3, 0.4) is 0 Å². The summed E-state index contributed by atoms with van der Waals surface area (Å²) in [5, 5.41) is 0. The van der Waals surface area contributed by atoms with Crippen molar-refractivity contribution in [3.05, 3.63) is 24.0 Å². The molecular weight excluding hydrogens is 178 g/mol. The number of nitrogens with zero attached hydrogens (tertiary/aromatic N) is 1. The smallest absolute Gasteiger partial charge is 0.293 e. The lowest BCUT2D eigenvalue weighted by molar-refractivity contribution is -0.138. The van der Waals surface area contributed by atoms with Crippen LogP contribution in [0.25, 0.3) is 0 Å². The van der Waals surface area contributed by atoms with Gasteiger partial charge in [0.1, 0.15) is 5.60 Å². The van der Waals surface area contributed by atoms with Gasteiger partial charge < -0.3 is 9.30 Å². The Morgan fingerprint density at radius 1 is 1.43 bits per heavy atom. The van der Waals surface area contributed by atoms with Crippen LogP contribution in [0, 0.1) is 6.92 Å². The summed E-state index contributed by atoms with van der Waals surface area (Å²) in [6.07, 6.45) is 2.04. The van der Waals surface area contributed by atoms with E-state index in [-0.39, 0.29) is 5.60 Å². The van der Waals surface area contributed by atoms with Crippen LogP contribution >= 0.6 is 0 Å². The van der Waals surface area contributed by atoms with E-state index in [1.165, 1.54) is 5.69 Å². The quantitative estimate of drug-likeness (QED) is 0.647. The van der Waals surface area contributed by atoms with E-state index in [1.54, 1.807) is 0 Å². The molecular formula is C11H19NO2. The number of rotatable bonds is 1. The third-order valence-corrected chi connectivity index (χ3v) is 1.61. The highest BCUT2D eigenvalue weighted by Gasteiger charge is 2.07. The van der Waals surface area contributed by atoms with Crippen molar-refractivity contribution in [1.29, 1.82) is 0 Å². The molecule has 0 N–H and O–H groups in total. The van der Waals surface area contributed by atoms with Gasteiger partial charge in [-0.15, -0.1) is 0 Å². The molecule has 3 heteroatoms. The van der Waals surface area contributed by atoms with Crippen molar-refractivity contribution in [2.45, 2.75) is 33.3 Å². The highest BCUT2D eigenvalue weighted by molar-refractivity contribution is 5.37. The third-order valence-electron chi connectivity index (χ3n) is 1.61. The van der Waals surface area contributed by atoms with E-state index >= 15 is 0 Å². The minimum Gasteiger partial charge on any atom is -0.462 e. The van der Waals surface area contributed by atoms with Crippen LogP contribution in [-0.4, -0.2) is 16.6 Å². The second kappa shape index (κ2) is 5.47. The third kappa shape index (κ3) is 6.29. The van der Waals surface area contributed by atoms with Gasteiger partial charge in [-0.1, -0.05) is 0 Å². The van der Waals surface area contributed by atoms with Crippen molar-refractivity contribution >= 4 is 6.47 Å². The maximum atomic E-state index is 9.60. The molecule has 0 aromatic carbocycles. The maximum absolute atomic E-state index is 9.60. The average Bonchev–Trinajstić information content (AvgIpc) is 2.35. The largest absolute Gasteiger partial charge is 0.462 e. The van der Waals surface area contributed by atoms with E-state index in [0.717, 1.165) is 0 Å². The highest BCUT2D eigenvalue weighted by atomic mass is 16.5. The molecule has 0 aliphatic carbocycles. The predicted octanol–water partition coefficient (Wildman–Crippen LogP) is 2.29. The van der Waals surface area contributed by atoms with Gasteiger partial charge in [0.05, 0.1) is 0 Å². The van der Waals surface area contributed by atoms with Gasteiger partial charge in [0.2, 0.25) is 0 Å². The van der Waals surface area contributed by atoms with E-state index < -0.39 is 0 Å². The molecule has 0 bridgehead atoms. The Hall–Kier alpha value is -1.25. The first-order chi connectivity index (χ1) is 6.37. The van der Waals surface area contributed by atoms with Crippen LogP contribution in [0.15, 0.2) is 18.3 Å². The molecule has 0 unspecified atom stereocenters. The van der Waals surface area contributed by atoms with Gasteiger partial charge in [-0.05, 0) is 39.8 Å². The summed E-state index contributed by atoms with van der Waals surface area (Å²) in [5.74, 6) is 0. The van der Waals surface area contributed by atoms with Gasteiger partial charge in [-0.25, -0.2) is 0 Å². The van der Waals surface area contributed by atoms with Gasteiger partial charge in [-0.2, -0.15) is 0 Å². The highest BCUT2D eigenvalue weighted by Crippen LogP contribution is 2.02. The summed E-state index contributed by atoms with van der Waals surface area (Å²) in [4.78, 5) is 9.60. The Labute approximate surface area is 85.7 Å². The average molecular weight is 197 g/mol. The first-order valence-corrected chi connectivity index (χ1v) is 4.56. The summed E-state index contributed by atoms with van der Waals surface area (Å²) < 4.78 is 6.63. The summed E-state index contributed by atoms with van der Waals surface area (Å²) in [6.45, 7) is 8.00. The van der Waals surface area contributed by atoms with E-state index in [9.17, 15) is 4.79 Å².